The van der Waals surface area contributed by atoms with Crippen LogP contribution in [0, 0.1) is 0 Å². The Labute approximate surface area is 467 Å². The molecule has 0 saturated heterocycles. The van der Waals surface area contributed by atoms with Crippen molar-refractivity contribution >= 4 is 19.8 Å². The molecule has 0 fully saturated rings. The fourth-order valence-electron chi connectivity index (χ4n) is 10.5. The standard InChI is InChI=1S/C65H130NO8P/c1-3-5-7-9-11-13-15-17-19-21-23-24-25-26-27-28-29-30-31-32-33-34-35-36-37-38-39-40-42-44-46-48-50-52-54-56-58-65(68)74-63(62-73-75(69,70)72-60-59-66)61-71-64(67)57-55-53-51-49-47-45-43-41-22-20-18-16-14-12-10-8-6-4-2/h63H,3-62,66H2,1-2H3,(H,69,70). The molecule has 0 heterocycles. The molecular formula is C65H130NO8P. The van der Waals surface area contributed by atoms with Gasteiger partial charge in [0.1, 0.15) is 6.61 Å². The number of carbonyl (C=O) groups excluding carboxylic acids is 2. The maximum Gasteiger partial charge on any atom is 0.472 e. The van der Waals surface area contributed by atoms with Gasteiger partial charge in [-0.2, -0.15) is 0 Å². The summed E-state index contributed by atoms with van der Waals surface area (Å²) in [5.74, 6) is -0.800. The minimum atomic E-state index is -4.38. The molecule has 2 unspecified atom stereocenters. The van der Waals surface area contributed by atoms with Crippen LogP contribution in [0.15, 0.2) is 0 Å². The van der Waals surface area contributed by atoms with Crippen LogP contribution in [0.1, 0.15) is 373 Å². The Morgan fingerprint density at radius 3 is 0.813 bits per heavy atom. The van der Waals surface area contributed by atoms with Crippen molar-refractivity contribution in [3.05, 3.63) is 0 Å². The lowest BCUT2D eigenvalue weighted by Crippen LogP contribution is -2.29. The molecule has 448 valence electrons. The molecule has 0 bridgehead atoms. The zero-order valence-electron chi connectivity index (χ0n) is 50.3. The Hall–Kier alpha value is -0.990. The molecular weight excluding hydrogens is 954 g/mol. The molecule has 2 atom stereocenters. The number of carbonyl (C=O) groups is 2. The van der Waals surface area contributed by atoms with E-state index in [1.54, 1.807) is 0 Å². The summed E-state index contributed by atoms with van der Waals surface area (Å²) in [5.41, 5.74) is 5.39. The third-order valence-electron chi connectivity index (χ3n) is 15.5. The van der Waals surface area contributed by atoms with Gasteiger partial charge in [-0.15, -0.1) is 0 Å². The third-order valence-corrected chi connectivity index (χ3v) is 16.5. The second-order valence-corrected chi connectivity index (χ2v) is 24.5. The molecule has 9 nitrogen and oxygen atoms in total. The van der Waals surface area contributed by atoms with Gasteiger partial charge < -0.3 is 20.1 Å². The average molecular weight is 1080 g/mol. The van der Waals surface area contributed by atoms with Gasteiger partial charge in [-0.1, -0.05) is 348 Å². The van der Waals surface area contributed by atoms with Crippen LogP contribution in [0.4, 0.5) is 0 Å². The van der Waals surface area contributed by atoms with E-state index in [9.17, 15) is 19.0 Å². The quantitative estimate of drug-likeness (QED) is 0.0347. The Balaban J connectivity index is 3.75. The summed E-state index contributed by atoms with van der Waals surface area (Å²) >= 11 is 0. The Bertz CT molecular complexity index is 1190. The van der Waals surface area contributed by atoms with E-state index >= 15 is 0 Å². The van der Waals surface area contributed by atoms with Crippen LogP contribution in [-0.2, 0) is 32.7 Å². The number of phosphoric acid groups is 1. The van der Waals surface area contributed by atoms with Crippen LogP contribution in [0.25, 0.3) is 0 Å². The zero-order valence-corrected chi connectivity index (χ0v) is 51.2. The van der Waals surface area contributed by atoms with Crippen LogP contribution in [0.3, 0.4) is 0 Å². The largest absolute Gasteiger partial charge is 0.472 e. The van der Waals surface area contributed by atoms with Crippen LogP contribution in [-0.4, -0.2) is 49.3 Å². The smallest absolute Gasteiger partial charge is 0.462 e. The van der Waals surface area contributed by atoms with Crippen molar-refractivity contribution < 1.29 is 37.6 Å². The summed E-state index contributed by atoms with van der Waals surface area (Å²) in [6, 6.07) is 0. The molecule has 0 radical (unpaired) electrons. The van der Waals surface area contributed by atoms with Crippen molar-refractivity contribution in [2.45, 2.75) is 380 Å². The van der Waals surface area contributed by atoms with Crippen molar-refractivity contribution in [2.75, 3.05) is 26.4 Å². The molecule has 0 aliphatic rings. The molecule has 0 rings (SSSR count). The molecule has 3 N–H and O–H groups in total. The van der Waals surface area contributed by atoms with Crippen LogP contribution in [0.2, 0.25) is 0 Å². The molecule has 0 aromatic carbocycles. The molecule has 0 aliphatic carbocycles. The van der Waals surface area contributed by atoms with Crippen molar-refractivity contribution in [3.63, 3.8) is 0 Å². The Kier molecular flexibility index (Phi) is 61.4. The predicted molar refractivity (Wildman–Crippen MR) is 322 cm³/mol. The van der Waals surface area contributed by atoms with Gasteiger partial charge in [0.2, 0.25) is 0 Å². The van der Waals surface area contributed by atoms with E-state index in [1.807, 2.05) is 0 Å². The molecule has 0 aliphatic heterocycles. The summed E-state index contributed by atoms with van der Waals surface area (Å²) in [7, 11) is -4.38. The second-order valence-electron chi connectivity index (χ2n) is 23.1. The molecule has 0 aromatic rings. The first kappa shape index (κ1) is 74.0. The van der Waals surface area contributed by atoms with E-state index < -0.39 is 26.5 Å². The highest BCUT2D eigenvalue weighted by atomic mass is 31.2. The fourth-order valence-corrected chi connectivity index (χ4v) is 11.3. The minimum Gasteiger partial charge on any atom is -0.462 e. The Morgan fingerprint density at radius 2 is 0.573 bits per heavy atom. The van der Waals surface area contributed by atoms with E-state index in [-0.39, 0.29) is 38.6 Å². The number of nitrogens with two attached hydrogens (primary N) is 1. The molecule has 0 amide bonds. The lowest BCUT2D eigenvalue weighted by molar-refractivity contribution is -0.161. The third kappa shape index (κ3) is 62.1. The summed E-state index contributed by atoms with van der Waals surface area (Å²) in [5, 5.41) is 0. The summed E-state index contributed by atoms with van der Waals surface area (Å²) < 4.78 is 33.1. The topological polar surface area (TPSA) is 134 Å². The number of phosphoric ester groups is 1. The van der Waals surface area contributed by atoms with Crippen molar-refractivity contribution in [1.82, 2.24) is 0 Å². The van der Waals surface area contributed by atoms with E-state index in [1.165, 1.54) is 308 Å². The first-order valence-corrected chi connectivity index (χ1v) is 35.0. The van der Waals surface area contributed by atoms with Gasteiger partial charge in [0.15, 0.2) is 6.10 Å². The zero-order chi connectivity index (χ0) is 54.5. The van der Waals surface area contributed by atoms with Crippen molar-refractivity contribution in [2.24, 2.45) is 5.73 Å². The van der Waals surface area contributed by atoms with Crippen LogP contribution >= 0.6 is 7.82 Å². The lowest BCUT2D eigenvalue weighted by atomic mass is 10.0. The first-order chi connectivity index (χ1) is 36.8. The van der Waals surface area contributed by atoms with Crippen molar-refractivity contribution in [3.8, 4) is 0 Å². The molecule has 0 spiro atoms. The molecule has 0 aromatic heterocycles. The van der Waals surface area contributed by atoms with Crippen LogP contribution in [0.5, 0.6) is 0 Å². The van der Waals surface area contributed by atoms with E-state index in [0.29, 0.717) is 6.42 Å². The molecule has 0 saturated carbocycles. The maximum absolute atomic E-state index is 12.7. The molecule has 10 heteroatoms. The summed E-state index contributed by atoms with van der Waals surface area (Å²) in [6.07, 6.45) is 72.1. The maximum atomic E-state index is 12.7. The van der Waals surface area contributed by atoms with Gasteiger partial charge in [-0.05, 0) is 12.8 Å². The highest BCUT2D eigenvalue weighted by Gasteiger charge is 2.26. The van der Waals surface area contributed by atoms with Crippen LogP contribution < -0.4 is 5.73 Å². The monoisotopic (exact) mass is 1080 g/mol. The predicted octanol–water partition coefficient (Wildman–Crippen LogP) is 21.4. The summed E-state index contributed by atoms with van der Waals surface area (Å²) in [6.45, 7) is 3.83. The number of rotatable bonds is 65. The molecule has 75 heavy (non-hydrogen) atoms. The van der Waals surface area contributed by atoms with E-state index in [2.05, 4.69) is 13.8 Å². The van der Waals surface area contributed by atoms with Gasteiger partial charge in [-0.25, -0.2) is 4.57 Å². The van der Waals surface area contributed by atoms with E-state index in [4.69, 9.17) is 24.3 Å². The number of hydrogen-bond acceptors (Lipinski definition) is 8. The highest BCUT2D eigenvalue weighted by Crippen LogP contribution is 2.43. The Morgan fingerprint density at radius 1 is 0.347 bits per heavy atom. The number of unbranched alkanes of at least 4 members (excludes halogenated alkanes) is 52. The van der Waals surface area contributed by atoms with Gasteiger partial charge in [0.05, 0.1) is 13.2 Å². The minimum absolute atomic E-state index is 0.0587. The van der Waals surface area contributed by atoms with Crippen molar-refractivity contribution in [1.29, 1.82) is 0 Å². The SMILES string of the molecule is CCCCCCCCCCCCCCCCCCCCCCCCCCCCCCCCCCCCCCC(=O)OC(COC(=O)CCCCCCCCCCCCCCCCCCCC)COP(=O)(O)OCCN. The van der Waals surface area contributed by atoms with Gasteiger partial charge >= 0.3 is 19.8 Å². The second kappa shape index (κ2) is 62.2. The van der Waals surface area contributed by atoms with Gasteiger partial charge in [0.25, 0.3) is 0 Å². The van der Waals surface area contributed by atoms with Gasteiger partial charge in [-0.3, -0.25) is 18.6 Å². The first-order valence-electron chi connectivity index (χ1n) is 33.5. The van der Waals surface area contributed by atoms with Gasteiger partial charge in [0, 0.05) is 19.4 Å². The fraction of sp³-hybridized carbons (Fsp3) is 0.969. The summed E-state index contributed by atoms with van der Waals surface area (Å²) in [4.78, 5) is 35.2. The highest BCUT2D eigenvalue weighted by molar-refractivity contribution is 7.47. The number of hydrogen-bond donors (Lipinski definition) is 2. The number of esters is 2. The average Bonchev–Trinajstić information content (AvgIpc) is 3.40. The normalized spacial score (nSPS) is 12.9. The lowest BCUT2D eigenvalue weighted by Gasteiger charge is -2.19. The van der Waals surface area contributed by atoms with E-state index in [0.717, 1.165) is 32.1 Å². The number of ether oxygens (including phenoxy) is 2.